The molecule has 1 atom stereocenters. The number of piperidine rings is 1. The molecule has 5 nitrogen and oxygen atoms in total. The molecule has 20 heavy (non-hydrogen) atoms. The second kappa shape index (κ2) is 5.88. The molecule has 104 valence electrons. The van der Waals surface area contributed by atoms with Crippen molar-refractivity contribution in [2.24, 2.45) is 5.92 Å². The highest BCUT2D eigenvalue weighted by atomic mass is 16.1. The average Bonchev–Trinajstić information content (AvgIpc) is 3.03. The van der Waals surface area contributed by atoms with Gasteiger partial charge in [0, 0.05) is 30.2 Å². The van der Waals surface area contributed by atoms with Gasteiger partial charge in [-0.2, -0.15) is 0 Å². The van der Waals surface area contributed by atoms with Gasteiger partial charge in [-0.1, -0.05) is 0 Å². The van der Waals surface area contributed by atoms with Crippen LogP contribution in [0.3, 0.4) is 0 Å². The molecule has 0 saturated carbocycles. The molecule has 1 aliphatic heterocycles. The van der Waals surface area contributed by atoms with Crippen LogP contribution < -0.4 is 10.6 Å². The maximum Gasteiger partial charge on any atom is 0.228 e. The summed E-state index contributed by atoms with van der Waals surface area (Å²) in [4.78, 5) is 19.4. The Morgan fingerprint density at radius 3 is 2.80 bits per heavy atom. The molecule has 2 aromatic rings. The molecule has 0 radical (unpaired) electrons. The highest BCUT2D eigenvalue weighted by Gasteiger charge is 2.20. The summed E-state index contributed by atoms with van der Waals surface area (Å²) in [6.45, 7) is 1.79. The third-order valence-corrected chi connectivity index (χ3v) is 3.59. The van der Waals surface area contributed by atoms with Gasteiger partial charge in [0.2, 0.25) is 5.91 Å². The summed E-state index contributed by atoms with van der Waals surface area (Å²) in [5.74, 6) is 1.01. The van der Waals surface area contributed by atoms with Gasteiger partial charge in [-0.25, -0.2) is 4.98 Å². The predicted octanol–water partition coefficient (Wildman–Crippen LogP) is 2.01. The van der Waals surface area contributed by atoms with Crippen molar-refractivity contribution in [1.29, 1.82) is 0 Å². The first kappa shape index (κ1) is 12.9. The molecule has 0 aliphatic carbocycles. The van der Waals surface area contributed by atoms with Gasteiger partial charge in [-0.3, -0.25) is 4.79 Å². The van der Waals surface area contributed by atoms with Gasteiger partial charge >= 0.3 is 0 Å². The minimum absolute atomic E-state index is 0.0773. The number of imidazole rings is 1. The molecular weight excluding hydrogens is 252 g/mol. The van der Waals surface area contributed by atoms with E-state index in [2.05, 4.69) is 20.6 Å². The van der Waals surface area contributed by atoms with Crippen LogP contribution in [0.4, 0.5) is 5.69 Å². The van der Waals surface area contributed by atoms with Crippen LogP contribution in [0.25, 0.3) is 11.4 Å². The number of rotatable bonds is 3. The van der Waals surface area contributed by atoms with Crippen molar-refractivity contribution in [1.82, 2.24) is 15.3 Å². The Hall–Kier alpha value is -2.14. The molecule has 3 N–H and O–H groups in total. The predicted molar refractivity (Wildman–Crippen MR) is 78.2 cm³/mol. The van der Waals surface area contributed by atoms with Gasteiger partial charge in [-0.15, -0.1) is 0 Å². The first-order chi connectivity index (χ1) is 9.83. The van der Waals surface area contributed by atoms with E-state index in [9.17, 15) is 4.79 Å². The molecule has 1 aliphatic rings. The number of amides is 1. The first-order valence-electron chi connectivity index (χ1n) is 6.94. The van der Waals surface area contributed by atoms with E-state index in [4.69, 9.17) is 0 Å². The number of hydrogen-bond donors (Lipinski definition) is 3. The number of anilines is 1. The van der Waals surface area contributed by atoms with Crippen LogP contribution in [0, 0.1) is 5.92 Å². The lowest BCUT2D eigenvalue weighted by molar-refractivity contribution is -0.120. The Bertz CT molecular complexity index is 556. The molecule has 1 aromatic carbocycles. The third-order valence-electron chi connectivity index (χ3n) is 3.59. The highest BCUT2D eigenvalue weighted by Crippen LogP contribution is 2.19. The Morgan fingerprint density at radius 2 is 2.15 bits per heavy atom. The van der Waals surface area contributed by atoms with Crippen molar-refractivity contribution in [3.05, 3.63) is 36.7 Å². The lowest BCUT2D eigenvalue weighted by atomic mass is 9.99. The molecule has 1 unspecified atom stereocenters. The molecule has 0 spiro atoms. The molecule has 1 amide bonds. The van der Waals surface area contributed by atoms with E-state index < -0.39 is 0 Å². The van der Waals surface area contributed by atoms with E-state index >= 15 is 0 Å². The lowest BCUT2D eigenvalue weighted by Gasteiger charge is -2.21. The van der Waals surface area contributed by atoms with Crippen LogP contribution in [0.5, 0.6) is 0 Å². The van der Waals surface area contributed by atoms with Crippen LogP contribution in [0.15, 0.2) is 36.7 Å². The number of aromatic nitrogens is 2. The molecule has 1 fully saturated rings. The summed E-state index contributed by atoms with van der Waals surface area (Å²) in [5.41, 5.74) is 1.84. The van der Waals surface area contributed by atoms with Crippen molar-refractivity contribution >= 4 is 11.6 Å². The van der Waals surface area contributed by atoms with Crippen LogP contribution in [0.2, 0.25) is 0 Å². The fourth-order valence-corrected chi connectivity index (χ4v) is 2.45. The Labute approximate surface area is 117 Å². The molecule has 2 heterocycles. The average molecular weight is 270 g/mol. The maximum absolute atomic E-state index is 12.1. The van der Waals surface area contributed by atoms with Gasteiger partial charge in [0.05, 0.1) is 5.92 Å². The van der Waals surface area contributed by atoms with Crippen LogP contribution >= 0.6 is 0 Å². The van der Waals surface area contributed by atoms with E-state index in [0.29, 0.717) is 0 Å². The molecule has 5 heteroatoms. The van der Waals surface area contributed by atoms with Crippen LogP contribution in [-0.4, -0.2) is 29.0 Å². The van der Waals surface area contributed by atoms with Gasteiger partial charge < -0.3 is 15.6 Å². The van der Waals surface area contributed by atoms with Crippen molar-refractivity contribution in [2.45, 2.75) is 12.8 Å². The quantitative estimate of drug-likeness (QED) is 0.799. The topological polar surface area (TPSA) is 69.8 Å². The largest absolute Gasteiger partial charge is 0.345 e. The second-order valence-corrected chi connectivity index (χ2v) is 5.05. The summed E-state index contributed by atoms with van der Waals surface area (Å²) in [5, 5.41) is 6.23. The number of aromatic amines is 1. The Balaban J connectivity index is 1.64. The molecular formula is C15H18N4O. The van der Waals surface area contributed by atoms with Gasteiger partial charge in [0.1, 0.15) is 5.82 Å². The SMILES string of the molecule is O=C(Nc1ccc(-c2ncc[nH]2)cc1)C1CCCNC1. The summed E-state index contributed by atoms with van der Waals surface area (Å²) in [7, 11) is 0. The highest BCUT2D eigenvalue weighted by molar-refractivity contribution is 5.93. The number of nitrogens with zero attached hydrogens (tertiary/aromatic N) is 1. The number of carbonyl (C=O) groups excluding carboxylic acids is 1. The van der Waals surface area contributed by atoms with E-state index in [-0.39, 0.29) is 11.8 Å². The minimum Gasteiger partial charge on any atom is -0.345 e. The zero-order valence-electron chi connectivity index (χ0n) is 11.2. The van der Waals surface area contributed by atoms with Crippen LogP contribution in [-0.2, 0) is 4.79 Å². The summed E-state index contributed by atoms with van der Waals surface area (Å²) in [6.07, 6.45) is 5.54. The molecule has 1 saturated heterocycles. The molecule has 3 rings (SSSR count). The Kier molecular flexibility index (Phi) is 3.78. The second-order valence-electron chi connectivity index (χ2n) is 5.05. The maximum atomic E-state index is 12.1. The third kappa shape index (κ3) is 2.88. The number of H-pyrrole nitrogens is 1. The van der Waals surface area contributed by atoms with Crippen molar-refractivity contribution in [3.8, 4) is 11.4 Å². The fourth-order valence-electron chi connectivity index (χ4n) is 2.45. The van der Waals surface area contributed by atoms with Gasteiger partial charge in [-0.05, 0) is 43.7 Å². The van der Waals surface area contributed by atoms with Gasteiger partial charge in [0.15, 0.2) is 0 Å². The molecule has 1 aromatic heterocycles. The van der Waals surface area contributed by atoms with Crippen molar-refractivity contribution in [2.75, 3.05) is 18.4 Å². The summed E-state index contributed by atoms with van der Waals surface area (Å²) < 4.78 is 0. The minimum atomic E-state index is 0.0773. The van der Waals surface area contributed by atoms with Crippen molar-refractivity contribution < 1.29 is 4.79 Å². The number of benzene rings is 1. The number of nitrogens with one attached hydrogen (secondary N) is 3. The number of hydrogen-bond acceptors (Lipinski definition) is 3. The van der Waals surface area contributed by atoms with Gasteiger partial charge in [0.25, 0.3) is 0 Å². The summed E-state index contributed by atoms with van der Waals surface area (Å²) >= 11 is 0. The van der Waals surface area contributed by atoms with E-state index in [0.717, 1.165) is 43.0 Å². The Morgan fingerprint density at radius 1 is 1.30 bits per heavy atom. The lowest BCUT2D eigenvalue weighted by Crippen LogP contribution is -2.37. The van der Waals surface area contributed by atoms with E-state index in [1.807, 2.05) is 24.3 Å². The smallest absolute Gasteiger partial charge is 0.228 e. The normalized spacial score (nSPS) is 18.7. The van der Waals surface area contributed by atoms with Crippen LogP contribution in [0.1, 0.15) is 12.8 Å². The fraction of sp³-hybridized carbons (Fsp3) is 0.333. The number of carbonyl (C=O) groups is 1. The van der Waals surface area contributed by atoms with Crippen molar-refractivity contribution in [3.63, 3.8) is 0 Å². The monoisotopic (exact) mass is 270 g/mol. The standard InChI is InChI=1S/C15H18N4O/c20-15(12-2-1-7-16-10-12)19-13-5-3-11(4-6-13)14-17-8-9-18-14/h3-6,8-9,12,16H,1-2,7,10H2,(H,17,18)(H,19,20). The zero-order chi connectivity index (χ0) is 13.8. The summed E-state index contributed by atoms with van der Waals surface area (Å²) in [6, 6.07) is 7.72. The van der Waals surface area contributed by atoms with E-state index in [1.54, 1.807) is 12.4 Å². The zero-order valence-corrected chi connectivity index (χ0v) is 11.2. The first-order valence-corrected chi connectivity index (χ1v) is 6.94. The van der Waals surface area contributed by atoms with E-state index in [1.165, 1.54) is 0 Å². The molecule has 0 bridgehead atoms.